The lowest BCUT2D eigenvalue weighted by Crippen LogP contribution is -1.97. The molecule has 1 aliphatic rings. The zero-order valence-electron chi connectivity index (χ0n) is 10.1. The van der Waals surface area contributed by atoms with E-state index in [0.29, 0.717) is 15.8 Å². The van der Waals surface area contributed by atoms with Crippen LogP contribution in [0.2, 0.25) is 0 Å². The number of hydrogen-bond donors (Lipinski definition) is 1. The fourth-order valence-corrected chi connectivity index (χ4v) is 2.78. The minimum absolute atomic E-state index is 0.148. The van der Waals surface area contributed by atoms with Crippen LogP contribution in [0.25, 0.3) is 6.08 Å². The van der Waals surface area contributed by atoms with Crippen molar-refractivity contribution in [1.29, 1.82) is 0 Å². The predicted octanol–water partition coefficient (Wildman–Crippen LogP) is 4.53. The summed E-state index contributed by atoms with van der Waals surface area (Å²) in [6.45, 7) is 0. The van der Waals surface area contributed by atoms with Crippen molar-refractivity contribution < 1.29 is 14.6 Å². The third-order valence-corrected chi connectivity index (χ3v) is 4.18. The van der Waals surface area contributed by atoms with Crippen LogP contribution >= 0.6 is 31.9 Å². The standard InChI is InChI=1S/C15H8Br2O3/c16-10-3-1-2-9-14(19)13(20-15(9)10)7-8-4-5-12(18)11(17)6-8/h1-7,18H. The van der Waals surface area contributed by atoms with E-state index in [1.54, 1.807) is 36.4 Å². The zero-order chi connectivity index (χ0) is 14.3. The Kier molecular flexibility index (Phi) is 3.40. The molecule has 0 spiro atoms. The Morgan fingerprint density at radius 3 is 2.60 bits per heavy atom. The number of carbonyl (C=O) groups is 1. The molecule has 100 valence electrons. The van der Waals surface area contributed by atoms with E-state index in [1.807, 2.05) is 6.07 Å². The van der Waals surface area contributed by atoms with E-state index >= 15 is 0 Å². The molecule has 2 aromatic carbocycles. The Morgan fingerprint density at radius 1 is 1.10 bits per heavy atom. The molecular weight excluding hydrogens is 388 g/mol. The number of carbonyl (C=O) groups excluding carboxylic acids is 1. The normalized spacial score (nSPS) is 15.3. The van der Waals surface area contributed by atoms with Crippen molar-refractivity contribution in [3.63, 3.8) is 0 Å². The number of phenols is 1. The third-order valence-electron chi connectivity index (χ3n) is 2.92. The van der Waals surface area contributed by atoms with Crippen molar-refractivity contribution in [2.24, 2.45) is 0 Å². The van der Waals surface area contributed by atoms with Gasteiger partial charge in [0.25, 0.3) is 0 Å². The van der Waals surface area contributed by atoms with Gasteiger partial charge in [0.2, 0.25) is 5.78 Å². The number of benzene rings is 2. The van der Waals surface area contributed by atoms with E-state index in [1.165, 1.54) is 0 Å². The third kappa shape index (κ3) is 2.27. The molecule has 0 amide bonds. The van der Waals surface area contributed by atoms with E-state index in [4.69, 9.17) is 4.74 Å². The first kappa shape index (κ1) is 13.4. The van der Waals surface area contributed by atoms with Crippen LogP contribution in [-0.2, 0) is 0 Å². The summed E-state index contributed by atoms with van der Waals surface area (Å²) < 4.78 is 6.93. The van der Waals surface area contributed by atoms with Crippen molar-refractivity contribution in [2.45, 2.75) is 0 Å². The number of Topliss-reactive ketones (excluding diaryl/α,β-unsaturated/α-hetero) is 1. The molecule has 0 saturated carbocycles. The van der Waals surface area contributed by atoms with Crippen molar-refractivity contribution in [3.8, 4) is 11.5 Å². The molecule has 1 N–H and O–H groups in total. The van der Waals surface area contributed by atoms with Crippen molar-refractivity contribution in [3.05, 3.63) is 62.2 Å². The number of hydrogen-bond acceptors (Lipinski definition) is 3. The summed E-state index contributed by atoms with van der Waals surface area (Å²) in [6, 6.07) is 10.3. The highest BCUT2D eigenvalue weighted by atomic mass is 79.9. The molecule has 0 bridgehead atoms. The Bertz CT molecular complexity index is 751. The van der Waals surface area contributed by atoms with Crippen LogP contribution in [0.4, 0.5) is 0 Å². The van der Waals surface area contributed by atoms with Gasteiger partial charge in [-0.2, -0.15) is 0 Å². The van der Waals surface area contributed by atoms with Gasteiger partial charge in [-0.15, -0.1) is 0 Å². The van der Waals surface area contributed by atoms with Crippen molar-refractivity contribution in [2.75, 3.05) is 0 Å². The highest BCUT2D eigenvalue weighted by Crippen LogP contribution is 2.38. The maximum atomic E-state index is 12.2. The van der Waals surface area contributed by atoms with Gasteiger partial charge in [0, 0.05) is 0 Å². The summed E-state index contributed by atoms with van der Waals surface area (Å²) in [5.41, 5.74) is 1.31. The van der Waals surface area contributed by atoms with Crippen LogP contribution in [0.3, 0.4) is 0 Å². The first-order valence-electron chi connectivity index (χ1n) is 5.77. The lowest BCUT2D eigenvalue weighted by Gasteiger charge is -2.01. The van der Waals surface area contributed by atoms with Crippen molar-refractivity contribution >= 4 is 43.7 Å². The quantitative estimate of drug-likeness (QED) is 0.721. The molecule has 0 fully saturated rings. The molecule has 2 aromatic rings. The fraction of sp³-hybridized carbons (Fsp3) is 0. The summed E-state index contributed by atoms with van der Waals surface area (Å²) in [7, 11) is 0. The molecule has 1 heterocycles. The largest absolute Gasteiger partial charge is 0.507 e. The molecule has 5 heteroatoms. The van der Waals surface area contributed by atoms with Gasteiger partial charge in [0.1, 0.15) is 5.75 Å². The van der Waals surface area contributed by atoms with Gasteiger partial charge >= 0.3 is 0 Å². The maximum absolute atomic E-state index is 12.2. The molecule has 0 atom stereocenters. The molecule has 0 aromatic heterocycles. The lowest BCUT2D eigenvalue weighted by molar-refractivity contribution is 0.101. The monoisotopic (exact) mass is 394 g/mol. The van der Waals surface area contributed by atoms with Gasteiger partial charge in [-0.25, -0.2) is 0 Å². The Balaban J connectivity index is 2.01. The van der Waals surface area contributed by atoms with E-state index in [0.717, 1.165) is 10.0 Å². The Morgan fingerprint density at radius 2 is 1.90 bits per heavy atom. The van der Waals surface area contributed by atoms with E-state index in [9.17, 15) is 9.90 Å². The summed E-state index contributed by atoms with van der Waals surface area (Å²) >= 11 is 6.60. The summed E-state index contributed by atoms with van der Waals surface area (Å²) in [5.74, 6) is 0.813. The van der Waals surface area contributed by atoms with Gasteiger partial charge in [-0.1, -0.05) is 12.1 Å². The topological polar surface area (TPSA) is 46.5 Å². The number of aromatic hydroxyl groups is 1. The molecular formula is C15H8Br2O3. The molecule has 20 heavy (non-hydrogen) atoms. The minimum atomic E-state index is -0.148. The van der Waals surface area contributed by atoms with Crippen LogP contribution in [0.1, 0.15) is 15.9 Å². The average Bonchev–Trinajstić information content (AvgIpc) is 2.73. The highest BCUT2D eigenvalue weighted by molar-refractivity contribution is 9.10. The number of para-hydroxylation sites is 1. The molecule has 0 radical (unpaired) electrons. The smallest absolute Gasteiger partial charge is 0.232 e. The number of fused-ring (bicyclic) bond motifs is 1. The van der Waals surface area contributed by atoms with Crippen LogP contribution in [0, 0.1) is 0 Å². The zero-order valence-corrected chi connectivity index (χ0v) is 13.2. The molecule has 0 unspecified atom stereocenters. The van der Waals surface area contributed by atoms with Gasteiger partial charge in [0.05, 0.1) is 14.5 Å². The first-order valence-corrected chi connectivity index (χ1v) is 7.36. The minimum Gasteiger partial charge on any atom is -0.507 e. The second-order valence-corrected chi connectivity index (χ2v) is 5.98. The summed E-state index contributed by atoms with van der Waals surface area (Å²) in [4.78, 5) is 12.2. The van der Waals surface area contributed by atoms with Gasteiger partial charge < -0.3 is 9.84 Å². The van der Waals surface area contributed by atoms with Gasteiger partial charge in [0.15, 0.2) is 11.5 Å². The summed E-state index contributed by atoms with van der Waals surface area (Å²) in [5, 5.41) is 9.46. The number of rotatable bonds is 1. The van der Waals surface area contributed by atoms with E-state index in [2.05, 4.69) is 31.9 Å². The van der Waals surface area contributed by atoms with Crippen LogP contribution in [0.15, 0.2) is 51.1 Å². The molecule has 0 saturated heterocycles. The summed E-state index contributed by atoms with van der Waals surface area (Å²) in [6.07, 6.45) is 1.65. The Labute approximate surface area is 132 Å². The van der Waals surface area contributed by atoms with Crippen molar-refractivity contribution in [1.82, 2.24) is 0 Å². The van der Waals surface area contributed by atoms with Crippen LogP contribution in [-0.4, -0.2) is 10.9 Å². The van der Waals surface area contributed by atoms with E-state index in [-0.39, 0.29) is 17.3 Å². The van der Waals surface area contributed by atoms with E-state index < -0.39 is 0 Å². The Hall–Kier alpha value is -1.59. The average molecular weight is 396 g/mol. The number of halogens is 2. The maximum Gasteiger partial charge on any atom is 0.232 e. The number of ether oxygens (including phenoxy) is 1. The van der Waals surface area contributed by atoms with Crippen LogP contribution < -0.4 is 4.74 Å². The number of phenolic OH excluding ortho intramolecular Hbond substituents is 1. The van der Waals surface area contributed by atoms with Gasteiger partial charge in [-0.3, -0.25) is 4.79 Å². The number of allylic oxidation sites excluding steroid dienone is 1. The second-order valence-electron chi connectivity index (χ2n) is 4.27. The highest BCUT2D eigenvalue weighted by Gasteiger charge is 2.28. The molecule has 3 rings (SSSR count). The molecule has 0 aliphatic carbocycles. The van der Waals surface area contributed by atoms with Crippen LogP contribution in [0.5, 0.6) is 11.5 Å². The first-order chi connectivity index (χ1) is 9.56. The predicted molar refractivity (Wildman–Crippen MR) is 82.9 cm³/mol. The number of ketones is 1. The lowest BCUT2D eigenvalue weighted by atomic mass is 10.1. The van der Waals surface area contributed by atoms with Gasteiger partial charge in [-0.05, 0) is 67.8 Å². The second kappa shape index (κ2) is 5.07. The molecule has 3 nitrogen and oxygen atoms in total. The fourth-order valence-electron chi connectivity index (χ4n) is 1.94. The molecule has 1 aliphatic heterocycles. The SMILES string of the molecule is O=C1C(=Cc2ccc(O)c(Br)c2)Oc2c(Br)cccc21.